The maximum Gasteiger partial charge on any atom is 0.0947 e. The Hall–Kier alpha value is -0.230. The van der Waals surface area contributed by atoms with Crippen LogP contribution in [-0.4, -0.2) is 11.5 Å². The van der Waals surface area contributed by atoms with Gasteiger partial charge in [-0.1, -0.05) is 6.92 Å². The van der Waals surface area contributed by atoms with E-state index in [1.165, 1.54) is 14.4 Å². The van der Waals surface area contributed by atoms with Crippen molar-refractivity contribution in [2.45, 2.75) is 26.3 Å². The molecule has 2 aromatic heterocycles. The monoisotopic (exact) mass is 330 g/mol. The molecule has 0 radical (unpaired) electrons. The largest absolute Gasteiger partial charge is 0.310 e. The van der Waals surface area contributed by atoms with Crippen LogP contribution in [-0.2, 0) is 6.42 Å². The minimum absolute atomic E-state index is 0.369. The number of aromatic nitrogens is 1. The van der Waals surface area contributed by atoms with Crippen molar-refractivity contribution in [1.29, 1.82) is 0 Å². The Balaban J connectivity index is 2.12. The van der Waals surface area contributed by atoms with Crippen LogP contribution in [0.1, 0.15) is 29.2 Å². The Morgan fingerprint density at radius 2 is 2.24 bits per heavy atom. The Bertz CT molecular complexity index is 478. The molecule has 0 saturated carbocycles. The average molecular weight is 331 g/mol. The first-order chi connectivity index (χ1) is 8.19. The summed E-state index contributed by atoms with van der Waals surface area (Å²) in [5.41, 5.74) is 2.46. The van der Waals surface area contributed by atoms with Gasteiger partial charge in [0.05, 0.1) is 8.79 Å². The number of likely N-dealkylation sites (N-methyl/N-ethyl adjacent to an activating group) is 1. The number of halogens is 1. The first-order valence-corrected chi connectivity index (χ1v) is 8.12. The third-order valence-electron chi connectivity index (χ3n) is 2.49. The van der Waals surface area contributed by atoms with Crippen molar-refractivity contribution < 1.29 is 0 Å². The van der Waals surface area contributed by atoms with Crippen molar-refractivity contribution in [1.82, 2.24) is 10.3 Å². The SMILES string of the molecule is CCNC(Cc1nc(C)cs1)c1csc(Br)c1. The molecule has 1 unspecified atom stereocenters. The van der Waals surface area contributed by atoms with E-state index >= 15 is 0 Å². The van der Waals surface area contributed by atoms with Gasteiger partial charge in [0, 0.05) is 23.5 Å². The number of rotatable bonds is 5. The minimum Gasteiger partial charge on any atom is -0.310 e. The van der Waals surface area contributed by atoms with Crippen molar-refractivity contribution >= 4 is 38.6 Å². The molecule has 0 aliphatic carbocycles. The highest BCUT2D eigenvalue weighted by atomic mass is 79.9. The van der Waals surface area contributed by atoms with Gasteiger partial charge in [-0.05, 0) is 46.4 Å². The van der Waals surface area contributed by atoms with Crippen molar-refractivity contribution in [3.8, 4) is 0 Å². The zero-order valence-electron chi connectivity index (χ0n) is 9.87. The number of thiophene rings is 1. The molecule has 17 heavy (non-hydrogen) atoms. The number of nitrogens with zero attached hydrogens (tertiary/aromatic N) is 1. The first-order valence-electron chi connectivity index (χ1n) is 5.57. The lowest BCUT2D eigenvalue weighted by molar-refractivity contribution is 0.550. The van der Waals surface area contributed by atoms with Crippen LogP contribution in [0.5, 0.6) is 0 Å². The van der Waals surface area contributed by atoms with Gasteiger partial charge in [-0.3, -0.25) is 0 Å². The van der Waals surface area contributed by atoms with Gasteiger partial charge in [-0.25, -0.2) is 4.98 Å². The first kappa shape index (κ1) is 13.2. The molecular formula is C12H15BrN2S2. The minimum atomic E-state index is 0.369. The molecule has 0 aromatic carbocycles. The second-order valence-electron chi connectivity index (χ2n) is 3.88. The lowest BCUT2D eigenvalue weighted by Crippen LogP contribution is -2.22. The van der Waals surface area contributed by atoms with Crippen LogP contribution in [0.3, 0.4) is 0 Å². The lowest BCUT2D eigenvalue weighted by Gasteiger charge is -2.15. The van der Waals surface area contributed by atoms with Gasteiger partial charge in [-0.2, -0.15) is 0 Å². The molecule has 0 spiro atoms. The highest BCUT2D eigenvalue weighted by Gasteiger charge is 2.14. The lowest BCUT2D eigenvalue weighted by atomic mass is 10.1. The van der Waals surface area contributed by atoms with E-state index in [0.29, 0.717) is 6.04 Å². The Labute approximate surface area is 118 Å². The smallest absolute Gasteiger partial charge is 0.0947 e. The molecule has 0 amide bonds. The second kappa shape index (κ2) is 6.09. The van der Waals surface area contributed by atoms with E-state index in [4.69, 9.17) is 0 Å². The number of hydrogen-bond acceptors (Lipinski definition) is 4. The molecule has 1 N–H and O–H groups in total. The molecule has 2 heterocycles. The number of hydrogen-bond donors (Lipinski definition) is 1. The third kappa shape index (κ3) is 3.61. The summed E-state index contributed by atoms with van der Waals surface area (Å²) in [6.45, 7) is 5.16. The third-order valence-corrected chi connectivity index (χ3v) is 5.00. The van der Waals surface area contributed by atoms with E-state index < -0.39 is 0 Å². The molecule has 2 aromatic rings. The summed E-state index contributed by atoms with van der Waals surface area (Å²) in [6, 6.07) is 2.56. The summed E-state index contributed by atoms with van der Waals surface area (Å²) in [5, 5.41) is 9.05. The summed E-state index contributed by atoms with van der Waals surface area (Å²) in [5.74, 6) is 0. The molecule has 0 bridgehead atoms. The van der Waals surface area contributed by atoms with Crippen molar-refractivity contribution in [3.05, 3.63) is 36.9 Å². The highest BCUT2D eigenvalue weighted by molar-refractivity contribution is 9.11. The topological polar surface area (TPSA) is 24.9 Å². The van der Waals surface area contributed by atoms with Crippen LogP contribution in [0, 0.1) is 6.92 Å². The molecule has 92 valence electrons. The Kier molecular flexibility index (Phi) is 4.73. The van der Waals surface area contributed by atoms with Crippen LogP contribution < -0.4 is 5.32 Å². The Morgan fingerprint density at radius 3 is 2.76 bits per heavy atom. The fourth-order valence-corrected chi connectivity index (χ4v) is 3.78. The molecule has 0 aliphatic heterocycles. The molecule has 0 aliphatic rings. The molecule has 5 heteroatoms. The fourth-order valence-electron chi connectivity index (χ4n) is 1.73. The summed E-state index contributed by atoms with van der Waals surface area (Å²) in [6.07, 6.45) is 0.968. The number of thiazole rings is 1. The number of nitrogens with one attached hydrogen (secondary N) is 1. The zero-order valence-corrected chi connectivity index (χ0v) is 13.1. The van der Waals surface area contributed by atoms with E-state index in [0.717, 1.165) is 18.7 Å². The standard InChI is InChI=1S/C12H15BrN2S2/c1-3-14-10(9-4-11(13)16-7-9)5-12-15-8(2)6-17-12/h4,6-7,10,14H,3,5H2,1-2H3. The quantitative estimate of drug-likeness (QED) is 0.889. The summed E-state index contributed by atoms with van der Waals surface area (Å²) < 4.78 is 1.19. The van der Waals surface area contributed by atoms with Crippen LogP contribution in [0.25, 0.3) is 0 Å². The van der Waals surface area contributed by atoms with E-state index in [-0.39, 0.29) is 0 Å². The maximum atomic E-state index is 4.54. The van der Waals surface area contributed by atoms with Gasteiger partial charge in [0.15, 0.2) is 0 Å². The summed E-state index contributed by atoms with van der Waals surface area (Å²) in [7, 11) is 0. The van der Waals surface area contributed by atoms with Crippen LogP contribution in [0.2, 0.25) is 0 Å². The van der Waals surface area contributed by atoms with Gasteiger partial charge in [0.2, 0.25) is 0 Å². The van der Waals surface area contributed by atoms with Crippen molar-refractivity contribution in [2.24, 2.45) is 0 Å². The van der Waals surface area contributed by atoms with Crippen LogP contribution >= 0.6 is 38.6 Å². The summed E-state index contributed by atoms with van der Waals surface area (Å²) in [4.78, 5) is 4.54. The predicted octanol–water partition coefficient (Wildman–Crippen LogP) is 4.17. The molecule has 0 fully saturated rings. The zero-order chi connectivity index (χ0) is 12.3. The highest BCUT2D eigenvalue weighted by Crippen LogP contribution is 2.28. The van der Waals surface area contributed by atoms with Gasteiger partial charge < -0.3 is 5.32 Å². The molecular weight excluding hydrogens is 316 g/mol. The van der Waals surface area contributed by atoms with Crippen LogP contribution in [0.4, 0.5) is 0 Å². The van der Waals surface area contributed by atoms with E-state index in [1.54, 1.807) is 22.7 Å². The molecule has 1 atom stereocenters. The van der Waals surface area contributed by atoms with E-state index in [2.05, 4.69) is 50.0 Å². The summed E-state index contributed by atoms with van der Waals surface area (Å²) >= 11 is 7.00. The van der Waals surface area contributed by atoms with Crippen molar-refractivity contribution in [2.75, 3.05) is 6.54 Å². The van der Waals surface area contributed by atoms with E-state index in [9.17, 15) is 0 Å². The average Bonchev–Trinajstić information content (AvgIpc) is 2.87. The maximum absolute atomic E-state index is 4.54. The van der Waals surface area contributed by atoms with Gasteiger partial charge in [0.1, 0.15) is 0 Å². The molecule has 2 nitrogen and oxygen atoms in total. The van der Waals surface area contributed by atoms with Gasteiger partial charge in [-0.15, -0.1) is 22.7 Å². The Morgan fingerprint density at radius 1 is 1.41 bits per heavy atom. The predicted molar refractivity (Wildman–Crippen MR) is 79.0 cm³/mol. The van der Waals surface area contributed by atoms with Crippen LogP contribution in [0.15, 0.2) is 20.6 Å². The normalized spacial score (nSPS) is 12.9. The van der Waals surface area contributed by atoms with E-state index in [1.807, 2.05) is 6.92 Å². The van der Waals surface area contributed by atoms with Gasteiger partial charge in [0.25, 0.3) is 0 Å². The number of aryl methyl sites for hydroxylation is 1. The second-order valence-corrected chi connectivity index (χ2v) is 7.11. The fraction of sp³-hybridized carbons (Fsp3) is 0.417. The molecule has 2 rings (SSSR count). The van der Waals surface area contributed by atoms with Crippen molar-refractivity contribution in [3.63, 3.8) is 0 Å². The van der Waals surface area contributed by atoms with Gasteiger partial charge >= 0.3 is 0 Å². The molecule has 0 saturated heterocycles.